The minimum absolute atomic E-state index is 0.105. The summed E-state index contributed by atoms with van der Waals surface area (Å²) in [6.07, 6.45) is 1.71. The molecule has 1 atom stereocenters. The molecule has 0 aliphatic rings. The highest BCUT2D eigenvalue weighted by Gasteiger charge is 2.32. The van der Waals surface area contributed by atoms with Gasteiger partial charge in [0.25, 0.3) is 0 Å². The Bertz CT molecular complexity index is 1100. The molecule has 1 N–H and O–H groups in total. The van der Waals surface area contributed by atoms with Crippen molar-refractivity contribution >= 4 is 43.6 Å². The van der Waals surface area contributed by atoms with Crippen molar-refractivity contribution in [2.24, 2.45) is 0 Å². The number of unbranched alkanes of at least 4 members (excludes halogenated alkanes) is 1. The van der Waals surface area contributed by atoms with Crippen LogP contribution in [0, 0.1) is 5.82 Å². The summed E-state index contributed by atoms with van der Waals surface area (Å²) in [5.41, 5.74) is 0.913. The summed E-state index contributed by atoms with van der Waals surface area (Å²) >= 11 is 3.38. The van der Waals surface area contributed by atoms with E-state index in [0.717, 1.165) is 43.6 Å². The van der Waals surface area contributed by atoms with Gasteiger partial charge in [0.1, 0.15) is 18.4 Å². The number of rotatable bonds is 12. The van der Waals surface area contributed by atoms with E-state index in [9.17, 15) is 22.4 Å². The standard InChI is InChI=1S/C24H32BrFN4O4S/c1-5-6-15-27-24(32)18(2)29(16-19-7-9-20(25)10-8-19)23(31)17-30(35(33,34)28(3)4)22-13-11-21(26)12-14-22/h7-14,18H,5-6,15-17H2,1-4H3,(H,27,32). The molecule has 2 amide bonds. The normalized spacial score (nSPS) is 12.3. The number of nitrogens with one attached hydrogen (secondary N) is 1. The molecule has 11 heteroatoms. The molecule has 192 valence electrons. The van der Waals surface area contributed by atoms with Crippen molar-refractivity contribution in [2.75, 3.05) is 31.5 Å². The van der Waals surface area contributed by atoms with Crippen LogP contribution in [0.25, 0.3) is 0 Å². The fourth-order valence-electron chi connectivity index (χ4n) is 3.23. The number of hydrogen-bond donors (Lipinski definition) is 1. The van der Waals surface area contributed by atoms with Gasteiger partial charge in [-0.2, -0.15) is 12.7 Å². The van der Waals surface area contributed by atoms with Crippen molar-refractivity contribution in [3.8, 4) is 0 Å². The van der Waals surface area contributed by atoms with Crippen molar-refractivity contribution < 1.29 is 22.4 Å². The zero-order valence-electron chi connectivity index (χ0n) is 20.4. The lowest BCUT2D eigenvalue weighted by Gasteiger charge is -2.32. The molecule has 0 saturated heterocycles. The molecule has 2 aromatic carbocycles. The van der Waals surface area contributed by atoms with Crippen LogP contribution in [-0.4, -0.2) is 62.7 Å². The van der Waals surface area contributed by atoms with E-state index < -0.39 is 34.5 Å². The van der Waals surface area contributed by atoms with Crippen molar-refractivity contribution in [1.29, 1.82) is 0 Å². The topological polar surface area (TPSA) is 90.0 Å². The first-order valence-corrected chi connectivity index (χ1v) is 13.4. The Hall–Kier alpha value is -2.50. The second kappa shape index (κ2) is 13.0. The molecule has 0 aliphatic carbocycles. The van der Waals surface area contributed by atoms with E-state index in [1.54, 1.807) is 6.92 Å². The minimum Gasteiger partial charge on any atom is -0.354 e. The van der Waals surface area contributed by atoms with Gasteiger partial charge in [-0.25, -0.2) is 8.70 Å². The fourth-order valence-corrected chi connectivity index (χ4v) is 4.55. The first-order chi connectivity index (χ1) is 16.5. The third kappa shape index (κ3) is 8.01. The number of nitrogens with zero attached hydrogens (tertiary/aromatic N) is 3. The maximum atomic E-state index is 13.5. The Morgan fingerprint density at radius 3 is 2.20 bits per heavy atom. The van der Waals surface area contributed by atoms with Crippen molar-refractivity contribution in [1.82, 2.24) is 14.5 Å². The largest absolute Gasteiger partial charge is 0.354 e. The molecular formula is C24H32BrFN4O4S. The summed E-state index contributed by atoms with van der Waals surface area (Å²) in [5.74, 6) is -1.43. The first-order valence-electron chi connectivity index (χ1n) is 11.2. The maximum absolute atomic E-state index is 13.5. The van der Waals surface area contributed by atoms with Gasteiger partial charge >= 0.3 is 10.2 Å². The minimum atomic E-state index is -4.09. The fraction of sp³-hybridized carbons (Fsp3) is 0.417. The zero-order valence-corrected chi connectivity index (χ0v) is 22.8. The average molecular weight is 572 g/mol. The second-order valence-electron chi connectivity index (χ2n) is 8.24. The van der Waals surface area contributed by atoms with Crippen LogP contribution in [0.5, 0.6) is 0 Å². The third-order valence-electron chi connectivity index (χ3n) is 5.40. The molecular weight excluding hydrogens is 539 g/mol. The number of hydrogen-bond acceptors (Lipinski definition) is 4. The SMILES string of the molecule is CCCCNC(=O)C(C)N(Cc1ccc(Br)cc1)C(=O)CN(c1ccc(F)cc1)S(=O)(=O)N(C)C. The number of carbonyl (C=O) groups is 2. The molecule has 2 rings (SSSR count). The quantitative estimate of drug-likeness (QED) is 0.395. The van der Waals surface area contributed by atoms with Crippen LogP contribution in [0.2, 0.25) is 0 Å². The van der Waals surface area contributed by atoms with Gasteiger partial charge in [0.15, 0.2) is 0 Å². The Labute approximate surface area is 215 Å². The van der Waals surface area contributed by atoms with Gasteiger partial charge in [-0.15, -0.1) is 0 Å². The summed E-state index contributed by atoms with van der Waals surface area (Å²) in [5, 5.41) is 2.83. The Balaban J connectivity index is 2.39. The summed E-state index contributed by atoms with van der Waals surface area (Å²) < 4.78 is 42.3. The monoisotopic (exact) mass is 570 g/mol. The van der Waals surface area contributed by atoms with Gasteiger partial charge in [0.2, 0.25) is 11.8 Å². The number of halogens is 2. The predicted molar refractivity (Wildman–Crippen MR) is 138 cm³/mol. The molecule has 1 unspecified atom stereocenters. The lowest BCUT2D eigenvalue weighted by atomic mass is 10.1. The van der Waals surface area contributed by atoms with Crippen LogP contribution in [0.15, 0.2) is 53.0 Å². The average Bonchev–Trinajstić information content (AvgIpc) is 2.82. The van der Waals surface area contributed by atoms with Crippen LogP contribution in [0.4, 0.5) is 10.1 Å². The Morgan fingerprint density at radius 2 is 1.66 bits per heavy atom. The Morgan fingerprint density at radius 1 is 1.06 bits per heavy atom. The van der Waals surface area contributed by atoms with Crippen LogP contribution >= 0.6 is 15.9 Å². The molecule has 2 aromatic rings. The van der Waals surface area contributed by atoms with Crippen LogP contribution in [0.1, 0.15) is 32.3 Å². The molecule has 0 radical (unpaired) electrons. The summed E-state index contributed by atoms with van der Waals surface area (Å²) in [6, 6.07) is 11.3. The van der Waals surface area contributed by atoms with Gasteiger partial charge < -0.3 is 10.2 Å². The van der Waals surface area contributed by atoms with E-state index in [4.69, 9.17) is 0 Å². The maximum Gasteiger partial charge on any atom is 0.304 e. The predicted octanol–water partition coefficient (Wildman–Crippen LogP) is 3.53. The number of carbonyl (C=O) groups excluding carboxylic acids is 2. The van der Waals surface area contributed by atoms with Crippen molar-refractivity contribution in [3.63, 3.8) is 0 Å². The summed E-state index contributed by atoms with van der Waals surface area (Å²) in [4.78, 5) is 27.7. The number of anilines is 1. The highest BCUT2D eigenvalue weighted by atomic mass is 79.9. The van der Waals surface area contributed by atoms with E-state index in [0.29, 0.717) is 6.54 Å². The first kappa shape index (κ1) is 28.7. The lowest BCUT2D eigenvalue weighted by molar-refractivity contribution is -0.139. The molecule has 0 heterocycles. The zero-order chi connectivity index (χ0) is 26.2. The molecule has 0 fully saturated rings. The van der Waals surface area contributed by atoms with Gasteiger partial charge in [-0.3, -0.25) is 9.59 Å². The third-order valence-corrected chi connectivity index (χ3v) is 7.74. The van der Waals surface area contributed by atoms with E-state index in [-0.39, 0.29) is 18.1 Å². The number of amides is 2. The molecule has 35 heavy (non-hydrogen) atoms. The van der Waals surface area contributed by atoms with Crippen molar-refractivity contribution in [2.45, 2.75) is 39.3 Å². The van der Waals surface area contributed by atoms with Gasteiger partial charge in [0, 0.05) is 31.7 Å². The molecule has 0 spiro atoms. The molecule has 0 aliphatic heterocycles. The van der Waals surface area contributed by atoms with Crippen LogP contribution < -0.4 is 9.62 Å². The van der Waals surface area contributed by atoms with E-state index in [1.165, 1.54) is 31.1 Å². The highest BCUT2D eigenvalue weighted by molar-refractivity contribution is 9.10. The molecule has 0 bridgehead atoms. The van der Waals surface area contributed by atoms with Gasteiger partial charge in [-0.05, 0) is 55.3 Å². The van der Waals surface area contributed by atoms with E-state index in [2.05, 4.69) is 21.2 Å². The molecule has 8 nitrogen and oxygen atoms in total. The highest BCUT2D eigenvalue weighted by Crippen LogP contribution is 2.21. The van der Waals surface area contributed by atoms with Gasteiger partial charge in [-0.1, -0.05) is 41.4 Å². The number of benzene rings is 2. The lowest BCUT2D eigenvalue weighted by Crippen LogP contribution is -2.52. The summed E-state index contributed by atoms with van der Waals surface area (Å²) in [6.45, 7) is 3.65. The van der Waals surface area contributed by atoms with E-state index >= 15 is 0 Å². The Kier molecular flexibility index (Phi) is 10.7. The molecule has 0 saturated carbocycles. The smallest absolute Gasteiger partial charge is 0.304 e. The van der Waals surface area contributed by atoms with Crippen molar-refractivity contribution in [3.05, 3.63) is 64.4 Å². The molecule has 0 aromatic heterocycles. The van der Waals surface area contributed by atoms with Crippen LogP contribution in [-0.2, 0) is 26.3 Å². The van der Waals surface area contributed by atoms with Crippen LogP contribution in [0.3, 0.4) is 0 Å². The second-order valence-corrected chi connectivity index (χ2v) is 11.2. The summed E-state index contributed by atoms with van der Waals surface area (Å²) in [7, 11) is -1.39. The van der Waals surface area contributed by atoms with Gasteiger partial charge in [0.05, 0.1) is 5.69 Å². The van der Waals surface area contributed by atoms with E-state index in [1.807, 2.05) is 31.2 Å².